The van der Waals surface area contributed by atoms with Crippen molar-refractivity contribution in [2.75, 3.05) is 5.23 Å². The van der Waals surface area contributed by atoms with E-state index in [4.69, 9.17) is 10.4 Å². The Labute approximate surface area is 180 Å². The van der Waals surface area contributed by atoms with Gasteiger partial charge in [-0.1, -0.05) is 71.8 Å². The highest BCUT2D eigenvalue weighted by Gasteiger charge is 2.08. The maximum atomic E-state index is 12.0. The van der Waals surface area contributed by atoms with Gasteiger partial charge in [-0.05, 0) is 44.9 Å². The fourth-order valence-corrected chi connectivity index (χ4v) is 2.89. The highest BCUT2D eigenvalue weighted by atomic mass is 16.8. The number of rotatable bonds is 5. The molecule has 3 aromatic carbocycles. The monoisotopic (exact) mass is 409 g/mol. The number of benzene rings is 3. The first-order chi connectivity index (χ1) is 14.2. The van der Waals surface area contributed by atoms with Crippen molar-refractivity contribution in [2.45, 2.75) is 34.1 Å². The van der Waals surface area contributed by atoms with E-state index in [0.29, 0.717) is 17.5 Å². The van der Waals surface area contributed by atoms with Gasteiger partial charge in [0.05, 0.1) is 5.69 Å². The molecule has 0 radical (unpaired) electrons. The van der Waals surface area contributed by atoms with Crippen LogP contribution in [0.3, 0.4) is 0 Å². The molecule has 0 atom stereocenters. The fraction of sp³-hybridized carbons (Fsp3) is 0.200. The fourth-order valence-electron chi connectivity index (χ4n) is 2.89. The lowest BCUT2D eigenvalue weighted by atomic mass is 10.0. The Balaban J connectivity index is 0.000000584. The highest BCUT2D eigenvalue weighted by Crippen LogP contribution is 2.19. The maximum Gasteiger partial charge on any atom is 0.167 e. The summed E-state index contributed by atoms with van der Waals surface area (Å²) in [5.74, 6) is 0.0682. The zero-order valence-electron chi connectivity index (χ0n) is 17.7. The van der Waals surface area contributed by atoms with E-state index in [-0.39, 0.29) is 25.3 Å². The first-order valence-electron chi connectivity index (χ1n) is 9.62. The summed E-state index contributed by atoms with van der Waals surface area (Å²) in [6, 6.07) is 20.6. The molecule has 5 nitrogen and oxygen atoms in total. The third-order valence-corrected chi connectivity index (χ3v) is 4.65. The minimum Gasteiger partial charge on any atom is -0.295 e. The number of anilines is 1. The van der Waals surface area contributed by atoms with E-state index in [2.05, 4.69) is 6.07 Å². The molecule has 0 aliphatic carbocycles. The van der Waals surface area contributed by atoms with Gasteiger partial charge in [0.1, 0.15) is 0 Å². The number of carbonyl (C=O) groups is 2. The van der Waals surface area contributed by atoms with Crippen molar-refractivity contribution in [2.24, 2.45) is 0 Å². The molecule has 3 rings (SSSR count). The van der Waals surface area contributed by atoms with Gasteiger partial charge in [0, 0.05) is 20.4 Å². The summed E-state index contributed by atoms with van der Waals surface area (Å²) in [4.78, 5) is 23.0. The molecule has 0 saturated carbocycles. The Kier molecular flexibility index (Phi) is 8.04. The molecule has 0 bridgehead atoms. The summed E-state index contributed by atoms with van der Waals surface area (Å²) in [5.41, 5.74) is 5.60. The molecule has 0 heterocycles. The Morgan fingerprint density at radius 2 is 1.47 bits per heavy atom. The maximum absolute atomic E-state index is 12.0. The number of hydrogen-bond acceptors (Lipinski definition) is 5. The third-order valence-electron chi connectivity index (χ3n) is 4.65. The minimum atomic E-state index is -0.108. The first kappa shape index (κ1) is 23.0. The summed E-state index contributed by atoms with van der Waals surface area (Å²) in [6.45, 7) is 7.21. The van der Waals surface area contributed by atoms with Gasteiger partial charge in [-0.15, -0.1) is 5.23 Å². The number of Topliss-reactive ketones (excluding diaryl/α,β-unsaturated/α-hetero) is 2. The van der Waals surface area contributed by atoms with Crippen LogP contribution >= 0.6 is 0 Å². The standard InChI is InChI=1S/C16H16O.C9H11NO3.2H2/c1-12-6-8-15(9-7-12)16(17)11-14-5-3-4-13(2)10-14;1-6-3-4-8(7(2)11)5-9(6)10(12)13;;/h3-10H,11H2,1-2H3;3-5,12-13H,1-2H3;2*1H. The quantitative estimate of drug-likeness (QED) is 0.399. The molecule has 2 N–H and O–H groups in total. The Morgan fingerprint density at radius 3 is 2.03 bits per heavy atom. The van der Waals surface area contributed by atoms with Gasteiger partial charge in [0.2, 0.25) is 0 Å². The van der Waals surface area contributed by atoms with Crippen molar-refractivity contribution in [3.63, 3.8) is 0 Å². The van der Waals surface area contributed by atoms with Crippen molar-refractivity contribution in [3.05, 3.63) is 100 Å². The van der Waals surface area contributed by atoms with Crippen LogP contribution in [0.25, 0.3) is 0 Å². The van der Waals surface area contributed by atoms with Crippen LogP contribution in [0.5, 0.6) is 0 Å². The molecule has 0 fully saturated rings. The number of hydrogen-bond donors (Lipinski definition) is 2. The van der Waals surface area contributed by atoms with Crippen LogP contribution in [0, 0.1) is 20.8 Å². The normalized spacial score (nSPS) is 10.1. The average molecular weight is 410 g/mol. The van der Waals surface area contributed by atoms with Crippen LogP contribution < -0.4 is 5.23 Å². The highest BCUT2D eigenvalue weighted by molar-refractivity contribution is 5.97. The van der Waals surface area contributed by atoms with Gasteiger partial charge in [-0.3, -0.25) is 20.0 Å². The predicted molar refractivity (Wildman–Crippen MR) is 122 cm³/mol. The average Bonchev–Trinajstić information content (AvgIpc) is 2.69. The summed E-state index contributed by atoms with van der Waals surface area (Å²) in [7, 11) is 0. The lowest BCUT2D eigenvalue weighted by Gasteiger charge is -2.11. The van der Waals surface area contributed by atoms with Gasteiger partial charge in [-0.25, -0.2) is 0 Å². The Morgan fingerprint density at radius 1 is 0.833 bits per heavy atom. The Bertz CT molecular complexity index is 1030. The summed E-state index contributed by atoms with van der Waals surface area (Å²) in [6.07, 6.45) is 0.477. The van der Waals surface area contributed by atoms with Gasteiger partial charge < -0.3 is 0 Å². The molecule has 0 aliphatic heterocycles. The summed E-state index contributed by atoms with van der Waals surface area (Å²) in [5, 5.41) is 17.6. The molecule has 30 heavy (non-hydrogen) atoms. The van der Waals surface area contributed by atoms with Crippen LogP contribution in [0.2, 0.25) is 0 Å². The summed E-state index contributed by atoms with van der Waals surface area (Å²) < 4.78 is 0. The largest absolute Gasteiger partial charge is 0.295 e. The van der Waals surface area contributed by atoms with Crippen molar-refractivity contribution in [1.82, 2.24) is 0 Å². The van der Waals surface area contributed by atoms with Crippen molar-refractivity contribution in [1.29, 1.82) is 0 Å². The van der Waals surface area contributed by atoms with E-state index in [1.165, 1.54) is 24.1 Å². The number of aryl methyl sites for hydroxylation is 3. The lowest BCUT2D eigenvalue weighted by molar-refractivity contribution is 0.0288. The van der Waals surface area contributed by atoms with Gasteiger partial charge >= 0.3 is 0 Å². The van der Waals surface area contributed by atoms with E-state index >= 15 is 0 Å². The Hall–Kier alpha value is -3.28. The van der Waals surface area contributed by atoms with Gasteiger partial charge in [0.15, 0.2) is 11.6 Å². The SMILES string of the molecule is CC(=O)c1ccc(C)c(N(O)O)c1.Cc1ccc(C(=O)Cc2cccc(C)c2)cc1.[HH].[HH]. The molecular weight excluding hydrogens is 378 g/mol. The van der Waals surface area contributed by atoms with Crippen LogP contribution in [-0.2, 0) is 6.42 Å². The zero-order valence-corrected chi connectivity index (χ0v) is 17.7. The minimum absolute atomic E-state index is 0. The topological polar surface area (TPSA) is 77.8 Å². The van der Waals surface area contributed by atoms with Crippen molar-refractivity contribution < 1.29 is 22.9 Å². The molecule has 0 spiro atoms. The zero-order chi connectivity index (χ0) is 22.3. The van der Waals surface area contributed by atoms with Gasteiger partial charge in [-0.2, -0.15) is 0 Å². The molecule has 0 unspecified atom stereocenters. The van der Waals surface area contributed by atoms with Gasteiger partial charge in [0.25, 0.3) is 0 Å². The molecule has 0 amide bonds. The molecule has 0 aromatic heterocycles. The predicted octanol–water partition coefficient (Wildman–Crippen LogP) is 6.00. The second-order valence-electron chi connectivity index (χ2n) is 7.30. The van der Waals surface area contributed by atoms with Crippen LogP contribution in [-0.4, -0.2) is 22.0 Å². The molecule has 0 aliphatic rings. The third kappa shape index (κ3) is 6.65. The van der Waals surface area contributed by atoms with E-state index < -0.39 is 0 Å². The van der Waals surface area contributed by atoms with E-state index in [1.807, 2.05) is 56.3 Å². The van der Waals surface area contributed by atoms with Crippen molar-refractivity contribution in [3.8, 4) is 0 Å². The van der Waals surface area contributed by atoms with E-state index in [0.717, 1.165) is 11.1 Å². The number of ketones is 2. The molecule has 5 heteroatoms. The summed E-state index contributed by atoms with van der Waals surface area (Å²) >= 11 is 0. The first-order valence-corrected chi connectivity index (χ1v) is 9.62. The van der Waals surface area contributed by atoms with Crippen LogP contribution in [0.1, 0.15) is 52.7 Å². The molecule has 3 aromatic rings. The molecule has 160 valence electrons. The second-order valence-corrected chi connectivity index (χ2v) is 7.30. The van der Waals surface area contributed by atoms with Crippen molar-refractivity contribution >= 4 is 17.3 Å². The van der Waals surface area contributed by atoms with E-state index in [1.54, 1.807) is 19.1 Å². The van der Waals surface area contributed by atoms with Crippen LogP contribution in [0.4, 0.5) is 5.69 Å². The van der Waals surface area contributed by atoms with Crippen LogP contribution in [0.15, 0.2) is 66.7 Å². The second kappa shape index (κ2) is 10.5. The number of carbonyl (C=O) groups excluding carboxylic acids is 2. The van der Waals surface area contributed by atoms with E-state index in [9.17, 15) is 9.59 Å². The lowest BCUT2D eigenvalue weighted by Crippen LogP contribution is -2.13. The molecular formula is C25H31NO4. The number of nitrogens with zero attached hydrogens (tertiary/aromatic N) is 1. The molecule has 0 saturated heterocycles. The smallest absolute Gasteiger partial charge is 0.167 e.